The van der Waals surface area contributed by atoms with Gasteiger partial charge < -0.3 is 9.84 Å². The first kappa shape index (κ1) is 14.9. The normalized spacial score (nSPS) is 14.1. The molecule has 0 bridgehead atoms. The zero-order valence-corrected chi connectivity index (χ0v) is 11.1. The highest BCUT2D eigenvalue weighted by Crippen LogP contribution is 2.30. The summed E-state index contributed by atoms with van der Waals surface area (Å²) in [5, 5.41) is 10.0. The van der Waals surface area contributed by atoms with E-state index in [4.69, 9.17) is 16.3 Å². The second kappa shape index (κ2) is 6.71. The molecule has 0 saturated carbocycles. The highest BCUT2D eigenvalue weighted by molar-refractivity contribution is 6.30. The predicted molar refractivity (Wildman–Crippen MR) is 66.8 cm³/mol. The van der Waals surface area contributed by atoms with Gasteiger partial charge in [-0.15, -0.1) is 0 Å². The van der Waals surface area contributed by atoms with E-state index in [1.165, 1.54) is 18.2 Å². The van der Waals surface area contributed by atoms with E-state index >= 15 is 0 Å². The third-order valence-electron chi connectivity index (χ3n) is 2.71. The largest absolute Gasteiger partial charge is 0.466 e. The number of aliphatic hydroxyl groups is 1. The van der Waals surface area contributed by atoms with Gasteiger partial charge in [0, 0.05) is 5.56 Å². The molecule has 5 heteroatoms. The molecule has 0 aliphatic rings. The Hall–Kier alpha value is -1.13. The van der Waals surface area contributed by atoms with Crippen LogP contribution in [0.3, 0.4) is 0 Å². The Balaban J connectivity index is 3.00. The van der Waals surface area contributed by atoms with Crippen LogP contribution in [0.25, 0.3) is 0 Å². The summed E-state index contributed by atoms with van der Waals surface area (Å²) in [7, 11) is 0. The summed E-state index contributed by atoms with van der Waals surface area (Å²) in [5.41, 5.74) is 0.0161. The number of carbonyl (C=O) groups is 1. The lowest BCUT2D eigenvalue weighted by Gasteiger charge is -2.20. The van der Waals surface area contributed by atoms with Crippen molar-refractivity contribution in [3.8, 4) is 0 Å². The van der Waals surface area contributed by atoms with Crippen molar-refractivity contribution in [1.29, 1.82) is 0 Å². The van der Waals surface area contributed by atoms with Crippen molar-refractivity contribution in [2.24, 2.45) is 5.92 Å². The average Bonchev–Trinajstić information content (AvgIpc) is 2.33. The molecule has 0 heterocycles. The Bertz CT molecular complexity index is 423. The predicted octanol–water partition coefficient (Wildman–Crippen LogP) is 3.10. The molecule has 0 saturated heterocycles. The second-order valence-corrected chi connectivity index (χ2v) is 4.26. The summed E-state index contributed by atoms with van der Waals surface area (Å²) in [4.78, 5) is 11.6. The molecule has 1 aromatic rings. The molecule has 3 nitrogen and oxygen atoms in total. The van der Waals surface area contributed by atoms with Gasteiger partial charge in [-0.2, -0.15) is 0 Å². The average molecular weight is 275 g/mol. The number of hydrogen-bond donors (Lipinski definition) is 1. The molecule has 1 aromatic carbocycles. The van der Waals surface area contributed by atoms with Crippen molar-refractivity contribution in [3.05, 3.63) is 34.6 Å². The Kier molecular flexibility index (Phi) is 5.56. The lowest BCUT2D eigenvalue weighted by atomic mass is 9.93. The van der Waals surface area contributed by atoms with Crippen LogP contribution in [0, 0.1) is 11.7 Å². The van der Waals surface area contributed by atoms with E-state index in [0.29, 0.717) is 6.42 Å². The summed E-state index contributed by atoms with van der Waals surface area (Å²) in [6.45, 7) is 3.63. The fourth-order valence-electron chi connectivity index (χ4n) is 1.73. The Labute approximate surface area is 111 Å². The minimum atomic E-state index is -1.26. The van der Waals surface area contributed by atoms with Gasteiger partial charge in [-0.3, -0.25) is 4.79 Å². The summed E-state index contributed by atoms with van der Waals surface area (Å²) in [5.74, 6) is -2.03. The summed E-state index contributed by atoms with van der Waals surface area (Å²) in [6.07, 6.45) is -0.904. The van der Waals surface area contributed by atoms with E-state index in [9.17, 15) is 14.3 Å². The molecule has 0 aliphatic heterocycles. The lowest BCUT2D eigenvalue weighted by molar-refractivity contribution is -0.152. The van der Waals surface area contributed by atoms with Crippen molar-refractivity contribution in [2.45, 2.75) is 26.4 Å². The number of esters is 1. The number of halogens is 2. The maximum Gasteiger partial charge on any atom is 0.311 e. The molecule has 1 N–H and O–H groups in total. The first-order valence-corrected chi connectivity index (χ1v) is 6.19. The second-order valence-electron chi connectivity index (χ2n) is 3.85. The number of hydrogen-bond acceptors (Lipinski definition) is 3. The molecule has 0 aromatic heterocycles. The standard InChI is InChI=1S/C13H16ClFO3/c1-3-8(13(17)18-4-2)12(16)9-6-5-7-10(14)11(9)15/h5-8,12,16H,3-4H2,1-2H3. The van der Waals surface area contributed by atoms with Gasteiger partial charge in [0.25, 0.3) is 0 Å². The van der Waals surface area contributed by atoms with Crippen molar-refractivity contribution in [1.82, 2.24) is 0 Å². The van der Waals surface area contributed by atoms with E-state index in [0.717, 1.165) is 0 Å². The van der Waals surface area contributed by atoms with Crippen LogP contribution in [0.4, 0.5) is 4.39 Å². The molecule has 0 radical (unpaired) electrons. The van der Waals surface area contributed by atoms with Gasteiger partial charge in [0.05, 0.1) is 23.7 Å². The van der Waals surface area contributed by atoms with E-state index in [2.05, 4.69) is 0 Å². The number of carbonyl (C=O) groups excluding carboxylic acids is 1. The number of rotatable bonds is 5. The van der Waals surface area contributed by atoms with Gasteiger partial charge in [-0.1, -0.05) is 30.7 Å². The maximum atomic E-state index is 13.8. The van der Waals surface area contributed by atoms with Gasteiger partial charge in [0.1, 0.15) is 5.82 Å². The van der Waals surface area contributed by atoms with Gasteiger partial charge in [-0.05, 0) is 19.4 Å². The molecule has 100 valence electrons. The fraction of sp³-hybridized carbons (Fsp3) is 0.462. The molecule has 2 unspecified atom stereocenters. The number of aliphatic hydroxyl groups excluding tert-OH is 1. The Morgan fingerprint density at radius 2 is 2.17 bits per heavy atom. The molecule has 2 atom stereocenters. The molecule has 0 spiro atoms. The van der Waals surface area contributed by atoms with Crippen LogP contribution >= 0.6 is 11.6 Å². The molecule has 18 heavy (non-hydrogen) atoms. The molecular weight excluding hydrogens is 259 g/mol. The first-order valence-electron chi connectivity index (χ1n) is 5.81. The van der Waals surface area contributed by atoms with Crippen LogP contribution in [0.2, 0.25) is 5.02 Å². The van der Waals surface area contributed by atoms with E-state index in [1.807, 2.05) is 0 Å². The Morgan fingerprint density at radius 1 is 1.50 bits per heavy atom. The molecular formula is C13H16ClFO3. The highest BCUT2D eigenvalue weighted by atomic mass is 35.5. The van der Waals surface area contributed by atoms with Crippen molar-refractivity contribution in [3.63, 3.8) is 0 Å². The van der Waals surface area contributed by atoms with Gasteiger partial charge >= 0.3 is 5.97 Å². The van der Waals surface area contributed by atoms with E-state index in [-0.39, 0.29) is 17.2 Å². The Morgan fingerprint density at radius 3 is 2.72 bits per heavy atom. The van der Waals surface area contributed by atoms with Crippen LogP contribution in [-0.2, 0) is 9.53 Å². The van der Waals surface area contributed by atoms with Crippen molar-refractivity contribution >= 4 is 17.6 Å². The minimum absolute atomic E-state index is 0.0161. The molecule has 0 fully saturated rings. The quantitative estimate of drug-likeness (QED) is 0.839. The summed E-state index contributed by atoms with van der Waals surface area (Å²) < 4.78 is 18.6. The van der Waals surface area contributed by atoms with Crippen LogP contribution in [0.5, 0.6) is 0 Å². The molecule has 0 amide bonds. The van der Waals surface area contributed by atoms with Gasteiger partial charge in [-0.25, -0.2) is 4.39 Å². The fourth-order valence-corrected chi connectivity index (χ4v) is 1.92. The van der Waals surface area contributed by atoms with Crippen LogP contribution in [0.15, 0.2) is 18.2 Å². The van der Waals surface area contributed by atoms with Crippen LogP contribution in [0.1, 0.15) is 31.9 Å². The van der Waals surface area contributed by atoms with Crippen LogP contribution < -0.4 is 0 Å². The maximum absolute atomic E-state index is 13.8. The van der Waals surface area contributed by atoms with Crippen molar-refractivity contribution in [2.75, 3.05) is 6.61 Å². The van der Waals surface area contributed by atoms with Gasteiger partial charge in [0.15, 0.2) is 0 Å². The monoisotopic (exact) mass is 274 g/mol. The third-order valence-corrected chi connectivity index (χ3v) is 3.00. The third kappa shape index (κ3) is 3.21. The zero-order valence-electron chi connectivity index (χ0n) is 10.3. The SMILES string of the molecule is CCOC(=O)C(CC)C(O)c1cccc(Cl)c1F. The summed E-state index contributed by atoms with van der Waals surface area (Å²) in [6, 6.07) is 4.33. The smallest absolute Gasteiger partial charge is 0.311 e. The topological polar surface area (TPSA) is 46.5 Å². The first-order chi connectivity index (χ1) is 8.52. The lowest BCUT2D eigenvalue weighted by Crippen LogP contribution is -2.24. The van der Waals surface area contributed by atoms with E-state index < -0.39 is 23.8 Å². The van der Waals surface area contributed by atoms with Gasteiger partial charge in [0.2, 0.25) is 0 Å². The number of ether oxygens (including phenoxy) is 1. The van der Waals surface area contributed by atoms with Crippen molar-refractivity contribution < 1.29 is 19.0 Å². The number of benzene rings is 1. The highest BCUT2D eigenvalue weighted by Gasteiger charge is 2.29. The summed E-state index contributed by atoms with van der Waals surface area (Å²) >= 11 is 5.64. The van der Waals surface area contributed by atoms with E-state index in [1.54, 1.807) is 13.8 Å². The molecule has 1 rings (SSSR count). The molecule has 0 aliphatic carbocycles. The van der Waals surface area contributed by atoms with Crippen LogP contribution in [-0.4, -0.2) is 17.7 Å². The minimum Gasteiger partial charge on any atom is -0.466 e. The zero-order chi connectivity index (χ0) is 13.7.